The second kappa shape index (κ2) is 9.14. The minimum Gasteiger partial charge on any atom is -0.368 e. The van der Waals surface area contributed by atoms with E-state index >= 15 is 0 Å². The Hall–Kier alpha value is -2.93. The number of ether oxygens (including phenoxy) is 1. The Kier molecular flexibility index (Phi) is 6.38. The zero-order chi connectivity index (χ0) is 19.1. The summed E-state index contributed by atoms with van der Waals surface area (Å²) in [6.45, 7) is 2.41. The molecule has 1 saturated heterocycles. The highest BCUT2D eigenvalue weighted by molar-refractivity contribution is 5.91. The van der Waals surface area contributed by atoms with Crippen LogP contribution in [0.2, 0.25) is 0 Å². The van der Waals surface area contributed by atoms with Crippen LogP contribution in [0, 0.1) is 5.82 Å². The van der Waals surface area contributed by atoms with Crippen LogP contribution in [0.25, 0.3) is 0 Å². The van der Waals surface area contributed by atoms with Crippen molar-refractivity contribution in [1.82, 2.24) is 4.90 Å². The first kappa shape index (κ1) is 18.8. The summed E-state index contributed by atoms with van der Waals surface area (Å²) in [4.78, 5) is 28.0. The number of hydrogen-bond acceptors (Lipinski definition) is 4. The van der Waals surface area contributed by atoms with Crippen LogP contribution in [0.3, 0.4) is 0 Å². The standard InChI is InChI=1S/C20H22FN3O3/c21-16-6-8-17(9-7-16)22-19(25)14-27-15-20(26)24-12-10-23(11-13-24)18-4-2-1-3-5-18/h1-9H,10-15H2,(H,22,25). The van der Waals surface area contributed by atoms with Gasteiger partial charge in [-0.25, -0.2) is 4.39 Å². The molecule has 7 heteroatoms. The van der Waals surface area contributed by atoms with Crippen LogP contribution in [-0.4, -0.2) is 56.1 Å². The van der Waals surface area contributed by atoms with Gasteiger partial charge >= 0.3 is 0 Å². The summed E-state index contributed by atoms with van der Waals surface area (Å²) in [7, 11) is 0. The molecule has 0 aromatic heterocycles. The zero-order valence-electron chi connectivity index (χ0n) is 14.9. The molecule has 0 atom stereocenters. The summed E-state index contributed by atoms with van der Waals surface area (Å²) in [6, 6.07) is 15.5. The lowest BCUT2D eigenvalue weighted by molar-refractivity contribution is -0.137. The third-order valence-electron chi connectivity index (χ3n) is 4.34. The number of piperazine rings is 1. The lowest BCUT2D eigenvalue weighted by atomic mass is 10.2. The average molecular weight is 371 g/mol. The third kappa shape index (κ3) is 5.52. The Bertz CT molecular complexity index is 760. The van der Waals surface area contributed by atoms with Gasteiger partial charge in [0, 0.05) is 37.6 Å². The fourth-order valence-corrected chi connectivity index (χ4v) is 2.91. The van der Waals surface area contributed by atoms with E-state index in [0.717, 1.165) is 18.8 Å². The van der Waals surface area contributed by atoms with Gasteiger partial charge in [-0.1, -0.05) is 18.2 Å². The predicted molar refractivity (Wildman–Crippen MR) is 101 cm³/mol. The molecule has 1 fully saturated rings. The molecule has 1 aliphatic rings. The summed E-state index contributed by atoms with van der Waals surface area (Å²) in [5.41, 5.74) is 1.63. The topological polar surface area (TPSA) is 61.9 Å². The number of carbonyl (C=O) groups is 2. The maximum Gasteiger partial charge on any atom is 0.250 e. The summed E-state index contributed by atoms with van der Waals surface area (Å²) in [5, 5.41) is 2.58. The second-order valence-electron chi connectivity index (χ2n) is 6.25. The summed E-state index contributed by atoms with van der Waals surface area (Å²) >= 11 is 0. The number of benzene rings is 2. The van der Waals surface area contributed by atoms with Crippen molar-refractivity contribution in [3.05, 3.63) is 60.4 Å². The van der Waals surface area contributed by atoms with Crippen LogP contribution < -0.4 is 10.2 Å². The van der Waals surface area contributed by atoms with Gasteiger partial charge in [-0.2, -0.15) is 0 Å². The van der Waals surface area contributed by atoms with E-state index < -0.39 is 0 Å². The number of rotatable bonds is 6. The fourth-order valence-electron chi connectivity index (χ4n) is 2.91. The fraction of sp³-hybridized carbons (Fsp3) is 0.300. The number of hydrogen-bond donors (Lipinski definition) is 1. The second-order valence-corrected chi connectivity index (χ2v) is 6.25. The number of nitrogens with zero attached hydrogens (tertiary/aromatic N) is 2. The van der Waals surface area contributed by atoms with E-state index in [1.807, 2.05) is 18.2 Å². The third-order valence-corrected chi connectivity index (χ3v) is 4.34. The van der Waals surface area contributed by atoms with Gasteiger partial charge in [0.2, 0.25) is 11.8 Å². The van der Waals surface area contributed by atoms with Gasteiger partial charge in [-0.05, 0) is 36.4 Å². The Morgan fingerprint density at radius 3 is 2.26 bits per heavy atom. The minimum absolute atomic E-state index is 0.128. The number of anilines is 2. The molecule has 6 nitrogen and oxygen atoms in total. The molecule has 2 aromatic rings. The summed E-state index contributed by atoms with van der Waals surface area (Å²) in [6.07, 6.45) is 0. The highest BCUT2D eigenvalue weighted by atomic mass is 19.1. The van der Waals surface area contributed by atoms with E-state index in [9.17, 15) is 14.0 Å². The molecule has 0 radical (unpaired) electrons. The SMILES string of the molecule is O=C(COCC(=O)N1CCN(c2ccccc2)CC1)Nc1ccc(F)cc1. The lowest BCUT2D eigenvalue weighted by Gasteiger charge is -2.36. The molecule has 27 heavy (non-hydrogen) atoms. The monoisotopic (exact) mass is 371 g/mol. The normalized spacial score (nSPS) is 14.1. The van der Waals surface area contributed by atoms with Gasteiger partial charge in [0.25, 0.3) is 0 Å². The first-order valence-corrected chi connectivity index (χ1v) is 8.83. The molecular weight excluding hydrogens is 349 g/mol. The van der Waals surface area contributed by atoms with Crippen molar-refractivity contribution in [2.24, 2.45) is 0 Å². The number of para-hydroxylation sites is 1. The first-order valence-electron chi connectivity index (χ1n) is 8.83. The minimum atomic E-state index is -0.386. The van der Waals surface area contributed by atoms with Crippen LogP contribution in [0.5, 0.6) is 0 Å². The molecule has 0 bridgehead atoms. The molecule has 0 spiro atoms. The van der Waals surface area contributed by atoms with Crippen molar-refractivity contribution in [3.63, 3.8) is 0 Å². The lowest BCUT2D eigenvalue weighted by Crippen LogP contribution is -2.49. The highest BCUT2D eigenvalue weighted by Crippen LogP contribution is 2.15. The van der Waals surface area contributed by atoms with Crippen LogP contribution in [0.4, 0.5) is 15.8 Å². The molecule has 2 amide bonds. The van der Waals surface area contributed by atoms with E-state index in [1.165, 1.54) is 24.3 Å². The van der Waals surface area contributed by atoms with Gasteiger partial charge in [0.05, 0.1) is 0 Å². The Morgan fingerprint density at radius 1 is 0.926 bits per heavy atom. The number of amides is 2. The number of halogens is 1. The van der Waals surface area contributed by atoms with Gasteiger partial charge in [0.1, 0.15) is 19.0 Å². The van der Waals surface area contributed by atoms with Crippen molar-refractivity contribution in [3.8, 4) is 0 Å². The van der Waals surface area contributed by atoms with E-state index in [1.54, 1.807) is 4.90 Å². The van der Waals surface area contributed by atoms with E-state index in [2.05, 4.69) is 22.3 Å². The van der Waals surface area contributed by atoms with Crippen molar-refractivity contribution >= 4 is 23.2 Å². The molecule has 1 N–H and O–H groups in total. The summed E-state index contributed by atoms with van der Waals surface area (Å²) in [5.74, 6) is -0.886. The van der Waals surface area contributed by atoms with Gasteiger partial charge in [-0.15, -0.1) is 0 Å². The van der Waals surface area contributed by atoms with E-state index in [4.69, 9.17) is 4.74 Å². The van der Waals surface area contributed by atoms with Crippen molar-refractivity contribution < 1.29 is 18.7 Å². The smallest absolute Gasteiger partial charge is 0.250 e. The molecule has 0 unspecified atom stereocenters. The summed E-state index contributed by atoms with van der Waals surface area (Å²) < 4.78 is 18.1. The van der Waals surface area contributed by atoms with Crippen LogP contribution in [-0.2, 0) is 14.3 Å². The number of carbonyl (C=O) groups excluding carboxylic acids is 2. The molecule has 1 heterocycles. The molecule has 2 aromatic carbocycles. The average Bonchev–Trinajstić information content (AvgIpc) is 2.70. The van der Waals surface area contributed by atoms with Gasteiger partial charge in [0.15, 0.2) is 0 Å². The number of nitrogens with one attached hydrogen (secondary N) is 1. The molecular formula is C20H22FN3O3. The predicted octanol–water partition coefficient (Wildman–Crippen LogP) is 2.13. The molecule has 0 saturated carbocycles. The quantitative estimate of drug-likeness (QED) is 0.845. The zero-order valence-corrected chi connectivity index (χ0v) is 14.9. The Morgan fingerprint density at radius 2 is 1.59 bits per heavy atom. The maximum atomic E-state index is 12.8. The Balaban J connectivity index is 1.36. The molecule has 3 rings (SSSR count). The highest BCUT2D eigenvalue weighted by Gasteiger charge is 2.21. The van der Waals surface area contributed by atoms with Crippen LogP contribution in [0.15, 0.2) is 54.6 Å². The van der Waals surface area contributed by atoms with E-state index in [-0.39, 0.29) is 30.8 Å². The first-order chi connectivity index (χ1) is 13.1. The molecule has 1 aliphatic heterocycles. The van der Waals surface area contributed by atoms with Crippen molar-refractivity contribution in [2.75, 3.05) is 49.6 Å². The molecule has 142 valence electrons. The van der Waals surface area contributed by atoms with Crippen molar-refractivity contribution in [2.45, 2.75) is 0 Å². The molecule has 0 aliphatic carbocycles. The largest absolute Gasteiger partial charge is 0.368 e. The Labute approximate surface area is 157 Å². The van der Waals surface area contributed by atoms with Crippen molar-refractivity contribution in [1.29, 1.82) is 0 Å². The van der Waals surface area contributed by atoms with Crippen LogP contribution >= 0.6 is 0 Å². The van der Waals surface area contributed by atoms with Crippen LogP contribution in [0.1, 0.15) is 0 Å². The maximum absolute atomic E-state index is 12.8. The van der Waals surface area contributed by atoms with E-state index in [0.29, 0.717) is 18.8 Å². The van der Waals surface area contributed by atoms with Gasteiger partial charge in [-0.3, -0.25) is 9.59 Å². The van der Waals surface area contributed by atoms with Gasteiger partial charge < -0.3 is 19.9 Å².